The molecule has 1 aromatic carbocycles. The zero-order chi connectivity index (χ0) is 27.0. The number of unbranched alkanes of at least 4 members (excludes halogenated alkanes) is 1. The summed E-state index contributed by atoms with van der Waals surface area (Å²) in [6.45, 7) is 8.06. The Balaban J connectivity index is 1.55. The van der Waals surface area contributed by atoms with E-state index in [4.69, 9.17) is 12.2 Å². The molecule has 2 aromatic heterocycles. The van der Waals surface area contributed by atoms with Gasteiger partial charge in [-0.25, -0.2) is 9.13 Å². The van der Waals surface area contributed by atoms with Gasteiger partial charge in [0.2, 0.25) is 5.03 Å². The number of amides is 1. The van der Waals surface area contributed by atoms with Gasteiger partial charge in [-0.2, -0.15) is 0 Å². The predicted octanol–water partition coefficient (Wildman–Crippen LogP) is 3.57. The Labute approximate surface area is 239 Å². The number of thiocarbonyl (C=S) groups is 1. The summed E-state index contributed by atoms with van der Waals surface area (Å²) in [4.78, 5) is 31.0. The minimum absolute atomic E-state index is 0.0777. The van der Waals surface area contributed by atoms with Crippen molar-refractivity contribution in [1.82, 2.24) is 14.0 Å². The molecule has 0 radical (unpaired) electrons. The number of aryl methyl sites for hydroxylation is 1. The zero-order valence-electron chi connectivity index (χ0n) is 21.8. The maximum atomic E-state index is 13.3. The second-order valence-corrected chi connectivity index (χ2v) is 12.6. The number of allylic oxidation sites excluding steroid dienone is 1. The van der Waals surface area contributed by atoms with Crippen LogP contribution in [0.15, 0.2) is 57.6 Å². The lowest BCUT2D eigenvalue weighted by atomic mass is 10.3. The molecule has 5 rings (SSSR count). The molecule has 0 bridgehead atoms. The summed E-state index contributed by atoms with van der Waals surface area (Å²) in [7, 11) is 2.06. The predicted molar refractivity (Wildman–Crippen MR) is 162 cm³/mol. The third kappa shape index (κ3) is 4.70. The van der Waals surface area contributed by atoms with Crippen molar-refractivity contribution in [3.8, 4) is 5.69 Å². The number of hydrogen-bond acceptors (Lipinski definition) is 7. The van der Waals surface area contributed by atoms with Gasteiger partial charge in [-0.1, -0.05) is 55.5 Å². The number of rotatable bonds is 7. The first kappa shape index (κ1) is 27.0. The van der Waals surface area contributed by atoms with Crippen molar-refractivity contribution in [3.05, 3.63) is 67.3 Å². The van der Waals surface area contributed by atoms with Crippen molar-refractivity contribution in [2.75, 3.05) is 18.0 Å². The molecule has 0 spiro atoms. The lowest BCUT2D eigenvalue weighted by molar-refractivity contribution is -0.658. The van der Waals surface area contributed by atoms with Gasteiger partial charge < -0.3 is 0 Å². The monoisotopic (exact) mass is 584 g/mol. The topological polar surface area (TPSA) is 54.4 Å². The van der Waals surface area contributed by atoms with Gasteiger partial charge >= 0.3 is 0 Å². The number of thiazole rings is 1. The fraction of sp³-hybridized carbons (Fsp3) is 0.333. The number of aromatic nitrogens is 3. The first-order valence-corrected chi connectivity index (χ1v) is 15.6. The lowest BCUT2D eigenvalue weighted by Gasteiger charge is -2.12. The molecule has 7 nitrogen and oxygen atoms in total. The van der Waals surface area contributed by atoms with Crippen LogP contribution < -0.4 is 24.2 Å². The van der Waals surface area contributed by atoms with Crippen molar-refractivity contribution in [2.45, 2.75) is 45.2 Å². The number of carbonyl (C=O) groups excluding carboxylic acids is 1. The fourth-order valence-corrected chi connectivity index (χ4v) is 8.40. The average molecular weight is 585 g/mol. The highest BCUT2D eigenvalue weighted by atomic mass is 32.2. The first-order valence-electron chi connectivity index (χ1n) is 12.7. The number of hydrogen-bond donors (Lipinski definition) is 0. The van der Waals surface area contributed by atoms with Crippen LogP contribution in [0.5, 0.6) is 0 Å². The van der Waals surface area contributed by atoms with Gasteiger partial charge in [0.25, 0.3) is 17.3 Å². The van der Waals surface area contributed by atoms with Gasteiger partial charge in [0.05, 0.1) is 18.1 Å². The number of benzene rings is 1. The molecule has 0 saturated carbocycles. The number of carbonyl (C=O) groups is 1. The molecule has 1 amide bonds. The third-order valence-electron chi connectivity index (χ3n) is 6.49. The Hall–Kier alpha value is -2.60. The van der Waals surface area contributed by atoms with E-state index in [1.165, 1.54) is 23.1 Å². The minimum Gasteiger partial charge on any atom is -0.298 e. The summed E-state index contributed by atoms with van der Waals surface area (Å²) in [6, 6.07) is 10.3. The molecule has 1 saturated heterocycles. The van der Waals surface area contributed by atoms with Gasteiger partial charge in [0.15, 0.2) is 6.33 Å². The maximum absolute atomic E-state index is 13.3. The van der Waals surface area contributed by atoms with Crippen LogP contribution in [0.1, 0.15) is 33.6 Å². The Bertz CT molecular complexity index is 1620. The van der Waals surface area contributed by atoms with E-state index in [-0.39, 0.29) is 11.5 Å². The standard InChI is InChI=1S/C27H30N5O2S4/c1-5-8-16-31-24(34)21(38-27(31)35)25-30(7-3)23(33)19(36-25)14-15-20-29(6-2)22-26(37-20)32(17-28(22)4)18-12-10-9-11-13-18/h9-15,17H,5-8,16H2,1-4H3/q+1/b19-14?,20-15-,25-21?. The molecule has 3 aromatic rings. The third-order valence-corrected chi connectivity index (χ3v) is 10.3. The first-order chi connectivity index (χ1) is 18.4. The van der Waals surface area contributed by atoms with E-state index < -0.39 is 0 Å². The molecule has 0 N–H and O–H groups in total. The van der Waals surface area contributed by atoms with E-state index in [1.807, 2.05) is 37.3 Å². The van der Waals surface area contributed by atoms with E-state index in [9.17, 15) is 9.59 Å². The SMILES string of the molecule is CCCCN1C(=O)C(=c2sc(=C/C=C3\Sc4c([n+](C)cn4-c4ccccc4)N3CC)c(=O)n2CC)SC1=S. The van der Waals surface area contributed by atoms with E-state index >= 15 is 0 Å². The van der Waals surface area contributed by atoms with Crippen molar-refractivity contribution in [1.29, 1.82) is 0 Å². The summed E-state index contributed by atoms with van der Waals surface area (Å²) < 4.78 is 7.90. The summed E-state index contributed by atoms with van der Waals surface area (Å²) in [5.74, 6) is 1.04. The van der Waals surface area contributed by atoms with Crippen LogP contribution in [0.3, 0.4) is 0 Å². The summed E-state index contributed by atoms with van der Waals surface area (Å²) in [5.41, 5.74) is 1.03. The van der Waals surface area contributed by atoms with E-state index in [2.05, 4.69) is 53.4 Å². The molecule has 4 heterocycles. The maximum Gasteiger partial charge on any atom is 0.276 e. The second kappa shape index (κ2) is 11.3. The number of nitrogens with zero attached hydrogens (tertiary/aromatic N) is 5. The molecule has 198 valence electrons. The lowest BCUT2D eigenvalue weighted by Crippen LogP contribution is -2.34. The highest BCUT2D eigenvalue weighted by molar-refractivity contribution is 8.30. The number of anilines is 1. The molecular formula is C27H30N5O2S4+. The molecule has 0 atom stereocenters. The zero-order valence-corrected chi connectivity index (χ0v) is 25.1. The number of thioether (sulfide) groups is 2. The van der Waals surface area contributed by atoms with Gasteiger partial charge in [-0.3, -0.25) is 24.0 Å². The number of para-hydroxylation sites is 1. The van der Waals surface area contributed by atoms with Gasteiger partial charge in [0, 0.05) is 13.1 Å². The van der Waals surface area contributed by atoms with Crippen LogP contribution in [-0.4, -0.2) is 37.4 Å². The van der Waals surface area contributed by atoms with Crippen molar-refractivity contribution < 1.29 is 9.36 Å². The molecule has 1 fully saturated rings. The quantitative estimate of drug-likeness (QED) is 0.313. The van der Waals surface area contributed by atoms with Crippen LogP contribution in [0.2, 0.25) is 0 Å². The average Bonchev–Trinajstić information content (AvgIpc) is 3.62. The molecule has 38 heavy (non-hydrogen) atoms. The van der Waals surface area contributed by atoms with Crippen LogP contribution >= 0.6 is 47.1 Å². The molecule has 0 aliphatic carbocycles. The number of imidazole rings is 1. The highest BCUT2D eigenvalue weighted by Gasteiger charge is 2.38. The number of fused-ring (bicyclic) bond motifs is 1. The van der Waals surface area contributed by atoms with E-state index in [0.29, 0.717) is 31.5 Å². The van der Waals surface area contributed by atoms with E-state index in [0.717, 1.165) is 40.9 Å². The second-order valence-electron chi connectivity index (χ2n) is 8.91. The van der Waals surface area contributed by atoms with Crippen LogP contribution in [-0.2, 0) is 18.4 Å². The highest BCUT2D eigenvalue weighted by Crippen LogP contribution is 2.45. The molecule has 11 heteroatoms. The molecule has 2 aliphatic heterocycles. The largest absolute Gasteiger partial charge is 0.298 e. The summed E-state index contributed by atoms with van der Waals surface area (Å²) >= 11 is 9.86. The van der Waals surface area contributed by atoms with E-state index in [1.54, 1.807) is 21.2 Å². The summed E-state index contributed by atoms with van der Waals surface area (Å²) in [6.07, 6.45) is 7.90. The Morgan fingerprint density at radius 1 is 1.00 bits per heavy atom. The molecule has 2 aliphatic rings. The smallest absolute Gasteiger partial charge is 0.276 e. The van der Waals surface area contributed by atoms with Crippen molar-refractivity contribution in [3.63, 3.8) is 0 Å². The van der Waals surface area contributed by atoms with Gasteiger partial charge in [0.1, 0.15) is 24.6 Å². The van der Waals surface area contributed by atoms with Crippen LogP contribution in [0, 0.1) is 0 Å². The molecular weight excluding hydrogens is 555 g/mol. The Morgan fingerprint density at radius 2 is 1.76 bits per heavy atom. The Kier molecular flexibility index (Phi) is 7.99. The van der Waals surface area contributed by atoms with Crippen molar-refractivity contribution in [2.24, 2.45) is 7.05 Å². The van der Waals surface area contributed by atoms with Crippen molar-refractivity contribution >= 4 is 74.1 Å². The van der Waals surface area contributed by atoms with Gasteiger partial charge in [-0.05, 0) is 56.3 Å². The fourth-order valence-electron chi connectivity index (χ4n) is 4.57. The van der Waals surface area contributed by atoms with Crippen LogP contribution in [0.25, 0.3) is 16.7 Å². The summed E-state index contributed by atoms with van der Waals surface area (Å²) in [5, 5.41) is 2.20. The normalized spacial score (nSPS) is 18.4. The molecule has 0 unspecified atom stereocenters. The Morgan fingerprint density at radius 3 is 2.45 bits per heavy atom. The van der Waals surface area contributed by atoms with Crippen LogP contribution in [0.4, 0.5) is 5.82 Å². The van der Waals surface area contributed by atoms with Gasteiger partial charge in [-0.15, -0.1) is 11.3 Å². The minimum atomic E-state index is -0.0915.